The third kappa shape index (κ3) is 3.91. The van der Waals surface area contributed by atoms with E-state index in [-0.39, 0.29) is 5.91 Å². The molecule has 0 bridgehead atoms. The molecular weight excluding hydrogens is 226 g/mol. The summed E-state index contributed by atoms with van der Waals surface area (Å²) in [5.74, 6) is 1.19. The van der Waals surface area contributed by atoms with Crippen LogP contribution in [0.5, 0.6) is 5.75 Å². The summed E-state index contributed by atoms with van der Waals surface area (Å²) in [7, 11) is 1.63. The van der Waals surface area contributed by atoms with Gasteiger partial charge >= 0.3 is 0 Å². The van der Waals surface area contributed by atoms with Crippen molar-refractivity contribution in [2.75, 3.05) is 13.7 Å². The summed E-state index contributed by atoms with van der Waals surface area (Å²) in [5, 5.41) is 2.90. The van der Waals surface area contributed by atoms with Crippen LogP contribution in [0.3, 0.4) is 0 Å². The van der Waals surface area contributed by atoms with Gasteiger partial charge < -0.3 is 10.1 Å². The molecule has 1 rings (SSSR count). The van der Waals surface area contributed by atoms with Gasteiger partial charge in [0.2, 0.25) is 0 Å². The smallest absolute Gasteiger partial charge is 0.251 e. The Morgan fingerprint density at radius 3 is 2.78 bits per heavy atom. The van der Waals surface area contributed by atoms with Crippen LogP contribution in [0.4, 0.5) is 0 Å². The maximum atomic E-state index is 11.9. The molecule has 0 radical (unpaired) electrons. The Balaban J connectivity index is 2.86. The first-order valence-electron chi connectivity index (χ1n) is 6.14. The van der Waals surface area contributed by atoms with Gasteiger partial charge in [0.15, 0.2) is 0 Å². The Kier molecular flexibility index (Phi) is 5.43. The molecule has 0 spiro atoms. The van der Waals surface area contributed by atoms with Gasteiger partial charge in [-0.15, -0.1) is 6.58 Å². The SMILES string of the molecule is C=CCc1cc(C(=O)NCC(C)C)ccc1OC. The molecule has 3 nitrogen and oxygen atoms in total. The number of carbonyl (C=O) groups excluding carboxylic acids is 1. The van der Waals surface area contributed by atoms with Gasteiger partial charge in [0.1, 0.15) is 5.75 Å². The van der Waals surface area contributed by atoms with Gasteiger partial charge in [-0.1, -0.05) is 19.9 Å². The minimum atomic E-state index is -0.0448. The summed E-state index contributed by atoms with van der Waals surface area (Å²) in [6.07, 6.45) is 2.49. The first-order valence-corrected chi connectivity index (χ1v) is 6.14. The molecule has 98 valence electrons. The molecule has 0 aromatic heterocycles. The molecule has 0 fully saturated rings. The first kappa shape index (κ1) is 14.3. The topological polar surface area (TPSA) is 38.3 Å². The van der Waals surface area contributed by atoms with Crippen molar-refractivity contribution in [3.63, 3.8) is 0 Å². The van der Waals surface area contributed by atoms with Gasteiger partial charge in [-0.3, -0.25) is 4.79 Å². The summed E-state index contributed by atoms with van der Waals surface area (Å²) in [6, 6.07) is 5.46. The van der Waals surface area contributed by atoms with E-state index in [0.29, 0.717) is 24.4 Å². The summed E-state index contributed by atoms with van der Waals surface area (Å²) in [4.78, 5) is 11.9. The summed E-state index contributed by atoms with van der Waals surface area (Å²) in [5.41, 5.74) is 1.64. The lowest BCUT2D eigenvalue weighted by Gasteiger charge is -2.11. The monoisotopic (exact) mass is 247 g/mol. The molecule has 1 aromatic carbocycles. The summed E-state index contributed by atoms with van der Waals surface area (Å²) >= 11 is 0. The molecule has 3 heteroatoms. The average Bonchev–Trinajstić information content (AvgIpc) is 2.36. The van der Waals surface area contributed by atoms with Crippen molar-refractivity contribution in [3.8, 4) is 5.75 Å². The molecule has 0 heterocycles. The van der Waals surface area contributed by atoms with Crippen molar-refractivity contribution < 1.29 is 9.53 Å². The largest absolute Gasteiger partial charge is 0.496 e. The second-order valence-corrected chi connectivity index (χ2v) is 4.62. The van der Waals surface area contributed by atoms with E-state index in [1.165, 1.54) is 0 Å². The van der Waals surface area contributed by atoms with Crippen molar-refractivity contribution in [1.29, 1.82) is 0 Å². The van der Waals surface area contributed by atoms with Crippen LogP contribution in [-0.4, -0.2) is 19.6 Å². The van der Waals surface area contributed by atoms with E-state index >= 15 is 0 Å². The van der Waals surface area contributed by atoms with Crippen molar-refractivity contribution >= 4 is 5.91 Å². The average molecular weight is 247 g/mol. The molecule has 1 aromatic rings. The minimum Gasteiger partial charge on any atom is -0.496 e. The normalized spacial score (nSPS) is 10.2. The zero-order valence-electron chi connectivity index (χ0n) is 11.3. The Morgan fingerprint density at radius 2 is 2.22 bits per heavy atom. The molecule has 0 saturated carbocycles. The van der Waals surface area contributed by atoms with Crippen LogP contribution < -0.4 is 10.1 Å². The molecule has 1 amide bonds. The van der Waals surface area contributed by atoms with Gasteiger partial charge in [-0.25, -0.2) is 0 Å². The van der Waals surface area contributed by atoms with Gasteiger partial charge in [0, 0.05) is 12.1 Å². The number of methoxy groups -OCH3 is 1. The second-order valence-electron chi connectivity index (χ2n) is 4.62. The van der Waals surface area contributed by atoms with E-state index in [1.54, 1.807) is 19.3 Å². The highest BCUT2D eigenvalue weighted by molar-refractivity contribution is 5.94. The van der Waals surface area contributed by atoms with Crippen LogP contribution in [0.25, 0.3) is 0 Å². The minimum absolute atomic E-state index is 0.0448. The highest BCUT2D eigenvalue weighted by atomic mass is 16.5. The maximum Gasteiger partial charge on any atom is 0.251 e. The Morgan fingerprint density at radius 1 is 1.50 bits per heavy atom. The van der Waals surface area contributed by atoms with E-state index in [4.69, 9.17) is 4.74 Å². The molecule has 1 N–H and O–H groups in total. The lowest BCUT2D eigenvalue weighted by atomic mass is 10.1. The van der Waals surface area contributed by atoms with Crippen LogP contribution in [0, 0.1) is 5.92 Å². The third-order valence-electron chi connectivity index (χ3n) is 2.58. The number of rotatable bonds is 6. The fraction of sp³-hybridized carbons (Fsp3) is 0.400. The number of ether oxygens (including phenoxy) is 1. The van der Waals surface area contributed by atoms with E-state index < -0.39 is 0 Å². The molecule has 0 unspecified atom stereocenters. The highest BCUT2D eigenvalue weighted by Crippen LogP contribution is 2.20. The standard InChI is InChI=1S/C15H21NO2/c1-5-6-12-9-13(7-8-14(12)18-4)15(17)16-10-11(2)3/h5,7-9,11H,1,6,10H2,2-4H3,(H,16,17). The molecule has 0 atom stereocenters. The molecule has 0 aliphatic rings. The van der Waals surface area contributed by atoms with Crippen LogP contribution in [0.2, 0.25) is 0 Å². The van der Waals surface area contributed by atoms with Gasteiger partial charge in [0.25, 0.3) is 5.91 Å². The Labute approximate surface area is 109 Å². The van der Waals surface area contributed by atoms with Gasteiger partial charge in [-0.05, 0) is 36.1 Å². The predicted octanol–water partition coefficient (Wildman–Crippen LogP) is 2.81. The molecule has 0 aliphatic heterocycles. The van der Waals surface area contributed by atoms with Crippen molar-refractivity contribution in [2.24, 2.45) is 5.92 Å². The lowest BCUT2D eigenvalue weighted by molar-refractivity contribution is 0.0949. The summed E-state index contributed by atoms with van der Waals surface area (Å²) in [6.45, 7) is 8.53. The molecule has 18 heavy (non-hydrogen) atoms. The predicted molar refractivity (Wildman–Crippen MR) is 74.1 cm³/mol. The van der Waals surface area contributed by atoms with Gasteiger partial charge in [-0.2, -0.15) is 0 Å². The molecular formula is C15H21NO2. The zero-order valence-corrected chi connectivity index (χ0v) is 11.3. The van der Waals surface area contributed by atoms with E-state index in [2.05, 4.69) is 25.7 Å². The number of benzene rings is 1. The van der Waals surface area contributed by atoms with Crippen molar-refractivity contribution in [3.05, 3.63) is 42.0 Å². The fourth-order valence-corrected chi connectivity index (χ4v) is 1.63. The number of hydrogen-bond acceptors (Lipinski definition) is 2. The highest BCUT2D eigenvalue weighted by Gasteiger charge is 2.09. The lowest BCUT2D eigenvalue weighted by Crippen LogP contribution is -2.27. The Hall–Kier alpha value is -1.77. The fourth-order valence-electron chi connectivity index (χ4n) is 1.63. The number of carbonyl (C=O) groups is 1. The summed E-state index contributed by atoms with van der Waals surface area (Å²) < 4.78 is 5.25. The maximum absolute atomic E-state index is 11.9. The van der Waals surface area contributed by atoms with E-state index in [9.17, 15) is 4.79 Å². The number of amides is 1. The number of hydrogen-bond donors (Lipinski definition) is 1. The Bertz CT molecular complexity index is 425. The van der Waals surface area contributed by atoms with E-state index in [0.717, 1.165) is 11.3 Å². The molecule has 0 aliphatic carbocycles. The number of nitrogens with one attached hydrogen (secondary N) is 1. The van der Waals surface area contributed by atoms with Gasteiger partial charge in [0.05, 0.1) is 7.11 Å². The van der Waals surface area contributed by atoms with Crippen molar-refractivity contribution in [2.45, 2.75) is 20.3 Å². The zero-order chi connectivity index (χ0) is 13.5. The van der Waals surface area contributed by atoms with Crippen LogP contribution in [0.15, 0.2) is 30.9 Å². The van der Waals surface area contributed by atoms with Crippen LogP contribution in [-0.2, 0) is 6.42 Å². The molecule has 0 saturated heterocycles. The quantitative estimate of drug-likeness (QED) is 0.785. The van der Waals surface area contributed by atoms with Crippen LogP contribution >= 0.6 is 0 Å². The number of allylic oxidation sites excluding steroid dienone is 1. The second kappa shape index (κ2) is 6.84. The van der Waals surface area contributed by atoms with E-state index in [1.807, 2.05) is 12.1 Å². The first-order chi connectivity index (χ1) is 8.58. The van der Waals surface area contributed by atoms with Crippen molar-refractivity contribution in [1.82, 2.24) is 5.32 Å². The third-order valence-corrected chi connectivity index (χ3v) is 2.58. The van der Waals surface area contributed by atoms with Crippen LogP contribution in [0.1, 0.15) is 29.8 Å².